The van der Waals surface area contributed by atoms with Crippen molar-refractivity contribution in [1.29, 1.82) is 0 Å². The maximum absolute atomic E-state index is 12.7. The van der Waals surface area contributed by atoms with E-state index in [9.17, 15) is 8.42 Å². The number of halogens is 1. The van der Waals surface area contributed by atoms with Crippen molar-refractivity contribution in [3.63, 3.8) is 0 Å². The van der Waals surface area contributed by atoms with Crippen LogP contribution in [0, 0.1) is 5.92 Å². The number of para-hydroxylation sites is 1. The maximum atomic E-state index is 12.7. The molecule has 0 bridgehead atoms. The molecule has 0 spiro atoms. The van der Waals surface area contributed by atoms with Crippen LogP contribution in [0.25, 0.3) is 0 Å². The number of rotatable bonds is 5. The van der Waals surface area contributed by atoms with Crippen molar-refractivity contribution in [3.8, 4) is 0 Å². The minimum absolute atomic E-state index is 0.320. The van der Waals surface area contributed by atoms with Gasteiger partial charge in [0.2, 0.25) is 0 Å². The smallest absolute Gasteiger partial charge is 0.257 e. The van der Waals surface area contributed by atoms with Gasteiger partial charge in [0.05, 0.1) is 5.69 Å². The zero-order valence-electron chi connectivity index (χ0n) is 11.9. The molecule has 4 nitrogen and oxygen atoms in total. The van der Waals surface area contributed by atoms with Crippen molar-refractivity contribution >= 4 is 27.5 Å². The average molecular weight is 317 g/mol. The van der Waals surface area contributed by atoms with Crippen molar-refractivity contribution in [2.24, 2.45) is 5.92 Å². The fourth-order valence-electron chi connectivity index (χ4n) is 2.53. The third-order valence-corrected chi connectivity index (χ3v) is 5.73. The van der Waals surface area contributed by atoms with E-state index < -0.39 is 10.2 Å². The Balaban J connectivity index is 2.32. The second kappa shape index (κ2) is 6.33. The van der Waals surface area contributed by atoms with Gasteiger partial charge in [-0.1, -0.05) is 25.1 Å². The predicted octanol–water partition coefficient (Wildman–Crippen LogP) is 2.49. The van der Waals surface area contributed by atoms with Crippen LogP contribution in [-0.2, 0) is 16.6 Å². The molecule has 1 atom stereocenters. The molecule has 0 saturated heterocycles. The standard InChI is InChI=1S/C14H21ClN2O2S/c1-12-10-13-6-3-4-7-14(13)17(11-12)20(18,19)16(2)9-5-8-15/h3-4,6-7,12H,5,8-11H2,1-2H3. The molecule has 1 aromatic rings. The van der Waals surface area contributed by atoms with Crippen LogP contribution in [0.5, 0.6) is 0 Å². The fraction of sp³-hybridized carbons (Fsp3) is 0.571. The van der Waals surface area contributed by atoms with E-state index in [1.807, 2.05) is 24.3 Å². The van der Waals surface area contributed by atoms with Crippen molar-refractivity contribution in [2.45, 2.75) is 19.8 Å². The Morgan fingerprint density at radius 2 is 2.10 bits per heavy atom. The minimum atomic E-state index is -3.47. The highest BCUT2D eigenvalue weighted by molar-refractivity contribution is 7.90. The zero-order valence-corrected chi connectivity index (χ0v) is 13.5. The first-order valence-corrected chi connectivity index (χ1v) is 8.78. The second-order valence-corrected chi connectivity index (χ2v) is 7.68. The number of alkyl halides is 1. The Hall–Kier alpha value is -0.780. The Morgan fingerprint density at radius 1 is 1.40 bits per heavy atom. The first-order chi connectivity index (χ1) is 9.46. The molecule has 0 amide bonds. The van der Waals surface area contributed by atoms with Gasteiger partial charge in [0.25, 0.3) is 0 Å². The van der Waals surface area contributed by atoms with Gasteiger partial charge in [-0.3, -0.25) is 4.31 Å². The highest BCUT2D eigenvalue weighted by Gasteiger charge is 2.32. The lowest BCUT2D eigenvalue weighted by atomic mass is 9.96. The van der Waals surface area contributed by atoms with E-state index in [0.29, 0.717) is 31.3 Å². The molecule has 0 fully saturated rings. The van der Waals surface area contributed by atoms with Crippen LogP contribution in [0.3, 0.4) is 0 Å². The van der Waals surface area contributed by atoms with Crippen LogP contribution >= 0.6 is 11.6 Å². The molecule has 2 rings (SSSR count). The van der Waals surface area contributed by atoms with Gasteiger partial charge < -0.3 is 0 Å². The van der Waals surface area contributed by atoms with E-state index in [0.717, 1.165) is 17.7 Å². The highest BCUT2D eigenvalue weighted by Crippen LogP contribution is 2.32. The van der Waals surface area contributed by atoms with Crippen LogP contribution in [0.1, 0.15) is 18.9 Å². The molecule has 112 valence electrons. The predicted molar refractivity (Wildman–Crippen MR) is 83.5 cm³/mol. The third kappa shape index (κ3) is 3.10. The normalized spacial score (nSPS) is 19.2. The summed E-state index contributed by atoms with van der Waals surface area (Å²) in [6.45, 7) is 3.06. The SMILES string of the molecule is CC1Cc2ccccc2N(S(=O)(=O)N(C)CCCCl)C1. The molecule has 1 aliphatic heterocycles. The average Bonchev–Trinajstić information content (AvgIpc) is 2.43. The molecular weight excluding hydrogens is 296 g/mol. The lowest BCUT2D eigenvalue weighted by molar-refractivity contribution is 0.456. The summed E-state index contributed by atoms with van der Waals surface area (Å²) in [5.41, 5.74) is 1.91. The van der Waals surface area contributed by atoms with Crippen LogP contribution < -0.4 is 4.31 Å². The summed E-state index contributed by atoms with van der Waals surface area (Å²) in [7, 11) is -1.86. The molecule has 0 radical (unpaired) electrons. The Labute approximate surface area is 126 Å². The molecule has 0 aromatic heterocycles. The topological polar surface area (TPSA) is 40.6 Å². The van der Waals surface area contributed by atoms with Gasteiger partial charge in [0, 0.05) is 26.0 Å². The van der Waals surface area contributed by atoms with Crippen molar-refractivity contribution in [3.05, 3.63) is 29.8 Å². The van der Waals surface area contributed by atoms with Crippen LogP contribution in [0.4, 0.5) is 5.69 Å². The van der Waals surface area contributed by atoms with Crippen LogP contribution in [-0.4, -0.2) is 38.7 Å². The van der Waals surface area contributed by atoms with Gasteiger partial charge in [-0.05, 0) is 30.4 Å². The Kier molecular flexibility index (Phi) is 4.94. The summed E-state index contributed by atoms with van der Waals surface area (Å²) in [5, 5.41) is 0. The monoisotopic (exact) mass is 316 g/mol. The van der Waals surface area contributed by atoms with Gasteiger partial charge in [-0.15, -0.1) is 11.6 Å². The summed E-state index contributed by atoms with van der Waals surface area (Å²) in [5.74, 6) is 0.786. The second-order valence-electron chi connectivity index (χ2n) is 5.34. The molecule has 0 saturated carbocycles. The molecule has 1 aliphatic rings. The van der Waals surface area contributed by atoms with Gasteiger partial charge in [0.1, 0.15) is 0 Å². The number of nitrogens with zero attached hydrogens (tertiary/aromatic N) is 2. The van der Waals surface area contributed by atoms with Crippen LogP contribution in [0.15, 0.2) is 24.3 Å². The molecule has 0 aliphatic carbocycles. The number of fused-ring (bicyclic) bond motifs is 1. The number of benzene rings is 1. The molecule has 6 heteroatoms. The summed E-state index contributed by atoms with van der Waals surface area (Å²) in [6.07, 6.45) is 1.58. The first-order valence-electron chi connectivity index (χ1n) is 6.84. The lowest BCUT2D eigenvalue weighted by Gasteiger charge is -2.36. The highest BCUT2D eigenvalue weighted by atomic mass is 35.5. The largest absolute Gasteiger partial charge is 0.303 e. The van der Waals surface area contributed by atoms with E-state index in [1.165, 1.54) is 8.61 Å². The Bertz CT molecular complexity index is 562. The fourth-order valence-corrected chi connectivity index (χ4v) is 4.22. The summed E-state index contributed by atoms with van der Waals surface area (Å²) < 4.78 is 28.3. The van der Waals surface area contributed by atoms with Crippen molar-refractivity contribution in [2.75, 3.05) is 30.3 Å². The van der Waals surface area contributed by atoms with Crippen molar-refractivity contribution < 1.29 is 8.42 Å². The molecular formula is C14H21ClN2O2S. The van der Waals surface area contributed by atoms with Crippen LogP contribution in [0.2, 0.25) is 0 Å². The zero-order chi connectivity index (χ0) is 14.8. The maximum Gasteiger partial charge on any atom is 0.303 e. The number of anilines is 1. The Morgan fingerprint density at radius 3 is 2.80 bits per heavy atom. The summed E-state index contributed by atoms with van der Waals surface area (Å²) >= 11 is 5.65. The van der Waals surface area contributed by atoms with Gasteiger partial charge in [-0.25, -0.2) is 0 Å². The van der Waals surface area contributed by atoms with E-state index in [1.54, 1.807) is 7.05 Å². The lowest BCUT2D eigenvalue weighted by Crippen LogP contribution is -2.46. The van der Waals surface area contributed by atoms with E-state index >= 15 is 0 Å². The quantitative estimate of drug-likeness (QED) is 0.783. The molecule has 1 unspecified atom stereocenters. The van der Waals surface area contributed by atoms with Gasteiger partial charge in [0.15, 0.2) is 0 Å². The molecule has 0 N–H and O–H groups in total. The van der Waals surface area contributed by atoms with E-state index in [4.69, 9.17) is 11.6 Å². The molecule has 1 aromatic carbocycles. The third-order valence-electron chi connectivity index (χ3n) is 3.59. The number of hydrogen-bond acceptors (Lipinski definition) is 2. The minimum Gasteiger partial charge on any atom is -0.257 e. The van der Waals surface area contributed by atoms with E-state index in [-0.39, 0.29) is 0 Å². The first kappa shape index (κ1) is 15.6. The van der Waals surface area contributed by atoms with E-state index in [2.05, 4.69) is 6.92 Å². The summed E-state index contributed by atoms with van der Waals surface area (Å²) in [6, 6.07) is 7.73. The van der Waals surface area contributed by atoms with Gasteiger partial charge >= 0.3 is 10.2 Å². The molecule has 20 heavy (non-hydrogen) atoms. The summed E-state index contributed by atoms with van der Waals surface area (Å²) in [4.78, 5) is 0. The van der Waals surface area contributed by atoms with Crippen molar-refractivity contribution in [1.82, 2.24) is 4.31 Å². The number of hydrogen-bond donors (Lipinski definition) is 0. The van der Waals surface area contributed by atoms with Gasteiger partial charge in [-0.2, -0.15) is 12.7 Å². The molecule has 1 heterocycles.